The van der Waals surface area contributed by atoms with Crippen molar-refractivity contribution in [1.29, 1.82) is 0 Å². The summed E-state index contributed by atoms with van der Waals surface area (Å²) in [6, 6.07) is 1.16. The molecule has 0 aromatic heterocycles. The molecule has 5 heteroatoms. The number of rotatable bonds is 6. The van der Waals surface area contributed by atoms with E-state index in [2.05, 4.69) is 36.8 Å². The van der Waals surface area contributed by atoms with Gasteiger partial charge in [0, 0.05) is 8.07 Å². The predicted octanol–water partition coefficient (Wildman–Crippen LogP) is 2.64. The molecule has 0 saturated heterocycles. The van der Waals surface area contributed by atoms with Gasteiger partial charge in [0.2, 0.25) is 0 Å². The second-order valence-electron chi connectivity index (χ2n) is 5.10. The second-order valence-corrected chi connectivity index (χ2v) is 12.2. The van der Waals surface area contributed by atoms with Crippen LogP contribution in [-0.2, 0) is 14.3 Å². The highest BCUT2D eigenvalue weighted by Gasteiger charge is 2.12. The van der Waals surface area contributed by atoms with Gasteiger partial charge in [-0.05, 0) is 19.4 Å². The van der Waals surface area contributed by atoms with Crippen LogP contribution in [0.1, 0.15) is 13.3 Å². The highest BCUT2D eigenvalue weighted by Crippen LogP contribution is 2.15. The predicted molar refractivity (Wildman–Crippen MR) is 67.3 cm³/mol. The number of allylic oxidation sites excluding steroid dienone is 1. The number of hydrogen-bond acceptors (Lipinski definition) is 3. The molecule has 0 heterocycles. The minimum atomic E-state index is -3.28. The first-order valence-electron chi connectivity index (χ1n) is 5.10. The SMILES string of the molecule is C/C(=C\CCOS(C)(=O)=O)C[Si](C)(C)C. The standard InChI is InChI=1S/C10H22O3SSi/c1-10(9-15(3,4)5)7-6-8-13-14(2,11)12/h7H,6,8-9H2,1-5H3/b10-7+. The minimum Gasteiger partial charge on any atom is -0.270 e. The summed E-state index contributed by atoms with van der Waals surface area (Å²) in [6.45, 7) is 9.30. The fourth-order valence-electron chi connectivity index (χ4n) is 1.41. The van der Waals surface area contributed by atoms with Gasteiger partial charge < -0.3 is 0 Å². The average Bonchev–Trinajstić information content (AvgIpc) is 1.92. The molecule has 15 heavy (non-hydrogen) atoms. The van der Waals surface area contributed by atoms with Crippen LogP contribution < -0.4 is 0 Å². The molecule has 0 aliphatic heterocycles. The molecule has 0 unspecified atom stereocenters. The van der Waals surface area contributed by atoms with E-state index < -0.39 is 18.2 Å². The smallest absolute Gasteiger partial charge is 0.264 e. The first-order valence-corrected chi connectivity index (χ1v) is 10.6. The van der Waals surface area contributed by atoms with Gasteiger partial charge in [0.25, 0.3) is 10.1 Å². The van der Waals surface area contributed by atoms with E-state index in [9.17, 15) is 8.42 Å². The molecule has 0 aliphatic rings. The van der Waals surface area contributed by atoms with Crippen molar-refractivity contribution >= 4 is 18.2 Å². The van der Waals surface area contributed by atoms with Crippen molar-refractivity contribution in [1.82, 2.24) is 0 Å². The molecular formula is C10H22O3SSi. The maximum absolute atomic E-state index is 10.7. The van der Waals surface area contributed by atoms with E-state index in [4.69, 9.17) is 0 Å². The molecule has 0 amide bonds. The van der Waals surface area contributed by atoms with Crippen molar-refractivity contribution in [2.24, 2.45) is 0 Å². The van der Waals surface area contributed by atoms with Crippen LogP contribution in [0, 0.1) is 0 Å². The van der Waals surface area contributed by atoms with Gasteiger partial charge in [-0.3, -0.25) is 4.18 Å². The van der Waals surface area contributed by atoms with Crippen LogP contribution >= 0.6 is 0 Å². The summed E-state index contributed by atoms with van der Waals surface area (Å²) in [4.78, 5) is 0. The zero-order valence-electron chi connectivity index (χ0n) is 10.3. The lowest BCUT2D eigenvalue weighted by Crippen LogP contribution is -2.19. The van der Waals surface area contributed by atoms with Crippen molar-refractivity contribution in [2.75, 3.05) is 12.9 Å². The van der Waals surface area contributed by atoms with E-state index in [-0.39, 0.29) is 6.61 Å². The maximum atomic E-state index is 10.7. The van der Waals surface area contributed by atoms with Gasteiger partial charge in [-0.15, -0.1) is 0 Å². The Labute approximate surface area is 94.7 Å². The fraction of sp³-hybridized carbons (Fsp3) is 0.800. The molecule has 0 rings (SSSR count). The van der Waals surface area contributed by atoms with Crippen LogP contribution in [0.3, 0.4) is 0 Å². The van der Waals surface area contributed by atoms with Gasteiger partial charge in [0.1, 0.15) is 0 Å². The van der Waals surface area contributed by atoms with Gasteiger partial charge in [0.05, 0.1) is 12.9 Å². The normalized spacial score (nSPS) is 14.3. The molecular weight excluding hydrogens is 228 g/mol. The Morgan fingerprint density at radius 3 is 2.27 bits per heavy atom. The average molecular weight is 250 g/mol. The Morgan fingerprint density at radius 1 is 1.33 bits per heavy atom. The third-order valence-electron chi connectivity index (χ3n) is 1.72. The summed E-state index contributed by atoms with van der Waals surface area (Å²) >= 11 is 0. The molecule has 0 aliphatic carbocycles. The highest BCUT2D eigenvalue weighted by molar-refractivity contribution is 7.85. The first-order chi connectivity index (χ1) is 6.60. The molecule has 0 fully saturated rings. The Hall–Kier alpha value is -0.133. The van der Waals surface area contributed by atoms with Crippen LogP contribution in [0.25, 0.3) is 0 Å². The lowest BCUT2D eigenvalue weighted by Gasteiger charge is -2.15. The van der Waals surface area contributed by atoms with E-state index in [1.165, 1.54) is 5.57 Å². The molecule has 90 valence electrons. The van der Waals surface area contributed by atoms with Crippen LogP contribution in [0.5, 0.6) is 0 Å². The van der Waals surface area contributed by atoms with Gasteiger partial charge >= 0.3 is 0 Å². The maximum Gasteiger partial charge on any atom is 0.264 e. The zero-order valence-corrected chi connectivity index (χ0v) is 12.1. The van der Waals surface area contributed by atoms with Crippen LogP contribution in [-0.4, -0.2) is 29.4 Å². The lowest BCUT2D eigenvalue weighted by atomic mass is 10.3. The third-order valence-corrected chi connectivity index (χ3v) is 3.93. The Kier molecular flexibility index (Phi) is 5.76. The van der Waals surface area contributed by atoms with Gasteiger partial charge in [-0.25, -0.2) is 0 Å². The highest BCUT2D eigenvalue weighted by atomic mass is 32.2. The summed E-state index contributed by atoms with van der Waals surface area (Å²) in [6.07, 6.45) is 3.82. The van der Waals surface area contributed by atoms with Crippen LogP contribution in [0.2, 0.25) is 25.7 Å². The third kappa shape index (κ3) is 11.8. The Bertz CT molecular complexity index is 312. The van der Waals surface area contributed by atoms with Crippen molar-refractivity contribution in [3.05, 3.63) is 11.6 Å². The topological polar surface area (TPSA) is 43.4 Å². The summed E-state index contributed by atoms with van der Waals surface area (Å²) < 4.78 is 26.0. The molecule has 0 bridgehead atoms. The van der Waals surface area contributed by atoms with Gasteiger partial charge in [-0.2, -0.15) is 8.42 Å². The molecule has 0 radical (unpaired) electrons. The largest absolute Gasteiger partial charge is 0.270 e. The van der Waals surface area contributed by atoms with E-state index in [0.29, 0.717) is 6.42 Å². The van der Waals surface area contributed by atoms with E-state index in [1.807, 2.05) is 0 Å². The van der Waals surface area contributed by atoms with E-state index >= 15 is 0 Å². The van der Waals surface area contributed by atoms with Crippen molar-refractivity contribution < 1.29 is 12.6 Å². The zero-order chi connectivity index (χ0) is 12.1. The Morgan fingerprint density at radius 2 is 1.87 bits per heavy atom. The molecule has 0 spiro atoms. The molecule has 0 aromatic rings. The molecule has 3 nitrogen and oxygen atoms in total. The van der Waals surface area contributed by atoms with Gasteiger partial charge in [0.15, 0.2) is 0 Å². The summed E-state index contributed by atoms with van der Waals surface area (Å²) in [5.41, 5.74) is 1.34. The van der Waals surface area contributed by atoms with Crippen LogP contribution in [0.4, 0.5) is 0 Å². The first kappa shape index (κ1) is 14.9. The monoisotopic (exact) mass is 250 g/mol. The van der Waals surface area contributed by atoms with E-state index in [1.54, 1.807) is 0 Å². The number of hydrogen-bond donors (Lipinski definition) is 0. The van der Waals surface area contributed by atoms with Crippen molar-refractivity contribution in [3.8, 4) is 0 Å². The summed E-state index contributed by atoms with van der Waals surface area (Å²) in [5, 5.41) is 0. The lowest BCUT2D eigenvalue weighted by molar-refractivity contribution is 0.328. The molecule has 0 atom stereocenters. The van der Waals surface area contributed by atoms with Crippen LogP contribution in [0.15, 0.2) is 11.6 Å². The minimum absolute atomic E-state index is 0.252. The van der Waals surface area contributed by atoms with E-state index in [0.717, 1.165) is 12.3 Å². The van der Waals surface area contributed by atoms with Crippen molar-refractivity contribution in [2.45, 2.75) is 39.0 Å². The Balaban J connectivity index is 3.88. The summed E-state index contributed by atoms with van der Waals surface area (Å²) in [5.74, 6) is 0. The summed E-state index contributed by atoms with van der Waals surface area (Å²) in [7, 11) is -4.32. The molecule has 0 N–H and O–H groups in total. The van der Waals surface area contributed by atoms with Crippen molar-refractivity contribution in [3.63, 3.8) is 0 Å². The second kappa shape index (κ2) is 5.82. The fourth-order valence-corrected chi connectivity index (χ4v) is 3.63. The molecule has 0 aromatic carbocycles. The molecule has 0 saturated carbocycles. The van der Waals surface area contributed by atoms with Gasteiger partial charge in [-0.1, -0.05) is 31.3 Å². The quantitative estimate of drug-likeness (QED) is 0.315.